The Morgan fingerprint density at radius 2 is 1.83 bits per heavy atom. The minimum absolute atomic E-state index is 0.0136. The van der Waals surface area contributed by atoms with Gasteiger partial charge in [-0.05, 0) is 24.1 Å². The molecule has 12 heteroatoms. The van der Waals surface area contributed by atoms with E-state index >= 15 is 0 Å². The number of hydrogen-bond acceptors (Lipinski definition) is 7. The van der Waals surface area contributed by atoms with Gasteiger partial charge in [-0.15, -0.1) is 0 Å². The first-order valence-electron chi connectivity index (χ1n) is 11.4. The summed E-state index contributed by atoms with van der Waals surface area (Å²) >= 11 is 0. The maximum Gasteiger partial charge on any atom is 0.407 e. The highest BCUT2D eigenvalue weighted by Gasteiger charge is 2.36. The summed E-state index contributed by atoms with van der Waals surface area (Å²) in [5, 5.41) is 22.6. The van der Waals surface area contributed by atoms with Crippen molar-refractivity contribution in [2.24, 2.45) is 0 Å². The summed E-state index contributed by atoms with van der Waals surface area (Å²) in [6, 6.07) is 13.9. The molecule has 1 aliphatic heterocycles. The summed E-state index contributed by atoms with van der Waals surface area (Å²) < 4.78 is 5.68. The van der Waals surface area contributed by atoms with Gasteiger partial charge >= 0.3 is 12.1 Å². The monoisotopic (exact) mass is 499 g/mol. The van der Waals surface area contributed by atoms with E-state index in [2.05, 4.69) is 15.7 Å². The highest BCUT2D eigenvalue weighted by atomic mass is 16.5. The largest absolute Gasteiger partial charge is 0.481 e. The number of nitrogens with one attached hydrogen (secondary N) is 2. The van der Waals surface area contributed by atoms with Crippen LogP contribution in [0.25, 0.3) is 0 Å². The molecule has 2 unspecified atom stereocenters. The third kappa shape index (κ3) is 8.24. The number of carbonyl (C=O) groups is 4. The number of carbonyl (C=O) groups excluding carboxylic acids is 2. The number of hydrogen-bond donors (Lipinski definition) is 4. The average molecular weight is 500 g/mol. The second-order valence-electron chi connectivity index (χ2n) is 8.24. The van der Waals surface area contributed by atoms with Gasteiger partial charge in [0.25, 0.3) is 5.91 Å². The normalized spacial score (nSPS) is 16.8. The standard InChI is InChI=1S/C24H29N5O7/c30-21(12-17-6-2-1-3-7-17)27-29(11-9-23(32)33)22(31)16-36-19-13-18(28(15-19)24(34)35)14-26-20-8-4-5-10-25-20/h1-8,10,18-19H,9,11-16H2,(H,25,26)(H,27,30)(H,32,33)(H,34,35). The number of likely N-dealkylation sites (tertiary alicyclic amines) is 1. The van der Waals surface area contributed by atoms with Gasteiger partial charge in [0.05, 0.1) is 38.1 Å². The molecule has 0 aliphatic carbocycles. The third-order valence-corrected chi connectivity index (χ3v) is 5.57. The highest BCUT2D eigenvalue weighted by Crippen LogP contribution is 2.21. The molecule has 12 nitrogen and oxygen atoms in total. The third-order valence-electron chi connectivity index (χ3n) is 5.57. The summed E-state index contributed by atoms with van der Waals surface area (Å²) in [4.78, 5) is 53.3. The number of anilines is 1. The van der Waals surface area contributed by atoms with Crippen molar-refractivity contribution in [2.75, 3.05) is 31.6 Å². The van der Waals surface area contributed by atoms with E-state index in [-0.39, 0.29) is 25.9 Å². The minimum atomic E-state index is -1.12. The molecule has 36 heavy (non-hydrogen) atoms. The van der Waals surface area contributed by atoms with Gasteiger partial charge in [-0.1, -0.05) is 36.4 Å². The highest BCUT2D eigenvalue weighted by molar-refractivity contribution is 5.84. The van der Waals surface area contributed by atoms with Crippen molar-refractivity contribution in [3.05, 3.63) is 60.3 Å². The molecule has 192 valence electrons. The molecule has 2 aromatic rings. The molecule has 1 aliphatic rings. The van der Waals surface area contributed by atoms with Gasteiger partial charge in [-0.3, -0.25) is 24.8 Å². The average Bonchev–Trinajstić information content (AvgIpc) is 3.28. The van der Waals surface area contributed by atoms with E-state index in [9.17, 15) is 24.3 Å². The minimum Gasteiger partial charge on any atom is -0.481 e. The van der Waals surface area contributed by atoms with E-state index in [1.807, 2.05) is 12.1 Å². The molecule has 1 aromatic carbocycles. The zero-order chi connectivity index (χ0) is 25.9. The van der Waals surface area contributed by atoms with Crippen LogP contribution in [-0.2, 0) is 25.5 Å². The van der Waals surface area contributed by atoms with Crippen LogP contribution < -0.4 is 10.7 Å². The fourth-order valence-corrected chi connectivity index (χ4v) is 3.80. The van der Waals surface area contributed by atoms with Crippen LogP contribution in [0.4, 0.5) is 10.6 Å². The molecule has 3 amide bonds. The summed E-state index contributed by atoms with van der Waals surface area (Å²) in [5.41, 5.74) is 3.19. The topological polar surface area (TPSA) is 161 Å². The van der Waals surface area contributed by atoms with Crippen molar-refractivity contribution in [2.45, 2.75) is 31.4 Å². The number of aromatic nitrogens is 1. The predicted octanol–water partition coefficient (Wildman–Crippen LogP) is 1.21. The second-order valence-corrected chi connectivity index (χ2v) is 8.24. The Balaban J connectivity index is 1.54. The number of benzene rings is 1. The summed E-state index contributed by atoms with van der Waals surface area (Å²) in [6.07, 6.45) is -0.0137. The van der Waals surface area contributed by atoms with Crippen LogP contribution in [0.2, 0.25) is 0 Å². The number of carboxylic acids is 1. The van der Waals surface area contributed by atoms with Crippen LogP contribution >= 0.6 is 0 Å². The molecule has 1 aromatic heterocycles. The number of ether oxygens (including phenoxy) is 1. The Morgan fingerprint density at radius 3 is 2.50 bits per heavy atom. The number of carboxylic acid groups (broad SMARTS) is 2. The van der Waals surface area contributed by atoms with Crippen LogP contribution in [0.5, 0.6) is 0 Å². The maximum atomic E-state index is 12.8. The first-order valence-corrected chi connectivity index (χ1v) is 11.4. The molecule has 1 fully saturated rings. The summed E-state index contributed by atoms with van der Waals surface area (Å²) in [7, 11) is 0. The lowest BCUT2D eigenvalue weighted by Crippen LogP contribution is -2.49. The van der Waals surface area contributed by atoms with E-state index in [4.69, 9.17) is 9.84 Å². The molecular formula is C24H29N5O7. The Bertz CT molecular complexity index is 1040. The molecule has 2 atom stereocenters. The number of hydrazine groups is 1. The number of amides is 3. The number of aliphatic carboxylic acids is 1. The molecule has 0 saturated carbocycles. The van der Waals surface area contributed by atoms with Gasteiger partial charge < -0.3 is 25.2 Å². The van der Waals surface area contributed by atoms with Crippen molar-refractivity contribution in [3.63, 3.8) is 0 Å². The fraction of sp³-hybridized carbons (Fsp3) is 0.375. The van der Waals surface area contributed by atoms with Gasteiger partial charge in [0, 0.05) is 12.7 Å². The molecule has 3 rings (SSSR count). The van der Waals surface area contributed by atoms with Crippen LogP contribution in [-0.4, -0.2) is 87.4 Å². The summed E-state index contributed by atoms with van der Waals surface area (Å²) in [5.74, 6) is -1.61. The Hall–Kier alpha value is -4.19. The lowest BCUT2D eigenvalue weighted by molar-refractivity contribution is -0.148. The van der Waals surface area contributed by atoms with E-state index < -0.39 is 42.6 Å². The zero-order valence-corrected chi connectivity index (χ0v) is 19.6. The molecule has 0 spiro atoms. The lowest BCUT2D eigenvalue weighted by Gasteiger charge is -2.23. The van der Waals surface area contributed by atoms with Crippen molar-refractivity contribution < 1.29 is 34.1 Å². The molecule has 1 saturated heterocycles. The van der Waals surface area contributed by atoms with Crippen molar-refractivity contribution in [1.29, 1.82) is 0 Å². The van der Waals surface area contributed by atoms with Gasteiger partial charge in [0.2, 0.25) is 5.91 Å². The van der Waals surface area contributed by atoms with Crippen LogP contribution in [0.3, 0.4) is 0 Å². The number of pyridine rings is 1. The van der Waals surface area contributed by atoms with Crippen LogP contribution in [0, 0.1) is 0 Å². The molecular weight excluding hydrogens is 470 g/mol. The second kappa shape index (κ2) is 13.0. The van der Waals surface area contributed by atoms with Crippen LogP contribution in [0.1, 0.15) is 18.4 Å². The van der Waals surface area contributed by atoms with Gasteiger partial charge in [0.1, 0.15) is 12.4 Å². The van der Waals surface area contributed by atoms with Gasteiger partial charge in [-0.25, -0.2) is 9.78 Å². The van der Waals surface area contributed by atoms with Crippen molar-refractivity contribution >= 4 is 29.7 Å². The van der Waals surface area contributed by atoms with E-state index in [0.29, 0.717) is 18.8 Å². The molecule has 0 bridgehead atoms. The summed E-state index contributed by atoms with van der Waals surface area (Å²) in [6.45, 7) is -0.283. The lowest BCUT2D eigenvalue weighted by atomic mass is 10.1. The molecule has 2 heterocycles. The van der Waals surface area contributed by atoms with Crippen LogP contribution in [0.15, 0.2) is 54.7 Å². The predicted molar refractivity (Wildman–Crippen MR) is 128 cm³/mol. The maximum absolute atomic E-state index is 12.8. The Kier molecular flexibility index (Phi) is 9.57. The quantitative estimate of drug-likeness (QED) is 0.333. The smallest absolute Gasteiger partial charge is 0.407 e. The van der Waals surface area contributed by atoms with E-state index in [0.717, 1.165) is 10.6 Å². The Labute approximate surface area is 207 Å². The fourth-order valence-electron chi connectivity index (χ4n) is 3.80. The molecule has 4 N–H and O–H groups in total. The number of rotatable bonds is 11. The van der Waals surface area contributed by atoms with Crippen molar-refractivity contribution in [1.82, 2.24) is 20.3 Å². The van der Waals surface area contributed by atoms with Gasteiger partial charge in [0.15, 0.2) is 0 Å². The van der Waals surface area contributed by atoms with E-state index in [1.165, 1.54) is 4.90 Å². The van der Waals surface area contributed by atoms with Gasteiger partial charge in [-0.2, -0.15) is 0 Å². The first-order chi connectivity index (χ1) is 17.3. The van der Waals surface area contributed by atoms with Crippen molar-refractivity contribution in [3.8, 4) is 0 Å². The zero-order valence-electron chi connectivity index (χ0n) is 19.6. The number of nitrogens with zero attached hydrogens (tertiary/aromatic N) is 3. The first kappa shape index (κ1) is 26.4. The molecule has 0 radical (unpaired) electrons. The Morgan fingerprint density at radius 1 is 1.08 bits per heavy atom. The van der Waals surface area contributed by atoms with E-state index in [1.54, 1.807) is 42.6 Å². The SMILES string of the molecule is O=C(O)CCN(NC(=O)Cc1ccccc1)C(=O)COC1CC(CNc2ccccn2)N(C(=O)O)C1.